The van der Waals surface area contributed by atoms with Gasteiger partial charge in [0, 0.05) is 12.6 Å². The van der Waals surface area contributed by atoms with Crippen molar-refractivity contribution in [3.05, 3.63) is 29.8 Å². The highest BCUT2D eigenvalue weighted by atomic mass is 16.1. The molecule has 0 atom stereocenters. The third-order valence-corrected chi connectivity index (χ3v) is 3.24. The average Bonchev–Trinajstić information content (AvgIpc) is 3.01. The van der Waals surface area contributed by atoms with Crippen molar-refractivity contribution in [3.8, 4) is 0 Å². The number of hydrogen-bond donors (Lipinski definition) is 2. The van der Waals surface area contributed by atoms with Crippen LogP contribution in [0.25, 0.3) is 0 Å². The summed E-state index contributed by atoms with van der Waals surface area (Å²) < 4.78 is 0. The van der Waals surface area contributed by atoms with Crippen LogP contribution >= 0.6 is 0 Å². The zero-order chi connectivity index (χ0) is 11.6. The Morgan fingerprint density at radius 3 is 2.44 bits per heavy atom. The molecule has 1 aliphatic rings. The van der Waals surface area contributed by atoms with Gasteiger partial charge in [0.1, 0.15) is 0 Å². The lowest BCUT2D eigenvalue weighted by atomic mass is 9.96. The fourth-order valence-electron chi connectivity index (χ4n) is 1.97. The van der Waals surface area contributed by atoms with Crippen molar-refractivity contribution in [1.29, 1.82) is 0 Å². The molecule has 0 aliphatic heterocycles. The number of nitrogens with two attached hydrogens (primary N) is 1. The lowest BCUT2D eigenvalue weighted by Crippen LogP contribution is -2.17. The van der Waals surface area contributed by atoms with Gasteiger partial charge in [-0.2, -0.15) is 0 Å². The Bertz CT molecular complexity index is 379. The Morgan fingerprint density at radius 2 is 2.00 bits per heavy atom. The second-order valence-electron chi connectivity index (χ2n) is 4.76. The highest BCUT2D eigenvalue weighted by Gasteiger charge is 2.40. The minimum atomic E-state index is -0.0339. The molecule has 16 heavy (non-hydrogen) atoms. The molecule has 0 saturated heterocycles. The maximum Gasteiger partial charge on any atom is 0.221 e. The normalized spacial score (nSPS) is 16.9. The van der Waals surface area contributed by atoms with Crippen LogP contribution in [0.1, 0.15) is 25.3 Å². The number of anilines is 1. The SMILES string of the molecule is CC(=O)Nc1ccc(CC2(CN)CC2)cc1. The number of carbonyl (C=O) groups excluding carboxylic acids is 1. The van der Waals surface area contributed by atoms with E-state index in [1.54, 1.807) is 0 Å². The van der Waals surface area contributed by atoms with E-state index in [4.69, 9.17) is 5.73 Å². The quantitative estimate of drug-likeness (QED) is 0.811. The van der Waals surface area contributed by atoms with Crippen molar-refractivity contribution in [2.75, 3.05) is 11.9 Å². The van der Waals surface area contributed by atoms with Crippen LogP contribution < -0.4 is 11.1 Å². The van der Waals surface area contributed by atoms with Crippen molar-refractivity contribution in [2.24, 2.45) is 11.1 Å². The molecule has 1 aliphatic carbocycles. The minimum absolute atomic E-state index is 0.0339. The van der Waals surface area contributed by atoms with E-state index >= 15 is 0 Å². The smallest absolute Gasteiger partial charge is 0.221 e. The van der Waals surface area contributed by atoms with E-state index in [-0.39, 0.29) is 5.91 Å². The van der Waals surface area contributed by atoms with Crippen LogP contribution in [0, 0.1) is 5.41 Å². The molecule has 0 heterocycles. The zero-order valence-corrected chi connectivity index (χ0v) is 9.62. The third-order valence-electron chi connectivity index (χ3n) is 3.24. The first-order chi connectivity index (χ1) is 7.63. The van der Waals surface area contributed by atoms with Crippen LogP contribution in [0.2, 0.25) is 0 Å². The highest BCUT2D eigenvalue weighted by Crippen LogP contribution is 2.47. The molecule has 1 fully saturated rings. The minimum Gasteiger partial charge on any atom is -0.330 e. The molecule has 0 unspecified atom stereocenters. The fraction of sp³-hybridized carbons (Fsp3) is 0.462. The standard InChI is InChI=1S/C13H18N2O/c1-10(16)15-12-4-2-11(3-5-12)8-13(9-14)6-7-13/h2-5H,6-9,14H2,1H3,(H,15,16). The van der Waals surface area contributed by atoms with E-state index in [0.29, 0.717) is 5.41 Å². The number of rotatable bonds is 4. The first kappa shape index (κ1) is 11.1. The molecule has 3 nitrogen and oxygen atoms in total. The van der Waals surface area contributed by atoms with Crippen LogP contribution in [0.15, 0.2) is 24.3 Å². The van der Waals surface area contributed by atoms with Crippen LogP contribution in [-0.2, 0) is 11.2 Å². The van der Waals surface area contributed by atoms with Crippen LogP contribution in [0.3, 0.4) is 0 Å². The molecule has 2 rings (SSSR count). The topological polar surface area (TPSA) is 55.1 Å². The van der Waals surface area contributed by atoms with E-state index in [2.05, 4.69) is 17.4 Å². The maximum atomic E-state index is 10.9. The summed E-state index contributed by atoms with van der Waals surface area (Å²) in [6.45, 7) is 2.29. The Balaban J connectivity index is 1.99. The van der Waals surface area contributed by atoms with Gasteiger partial charge in [0.15, 0.2) is 0 Å². The molecular weight excluding hydrogens is 200 g/mol. The second-order valence-corrected chi connectivity index (χ2v) is 4.76. The molecule has 1 aromatic carbocycles. The summed E-state index contributed by atoms with van der Waals surface area (Å²) in [4.78, 5) is 10.9. The predicted molar refractivity (Wildman–Crippen MR) is 65.2 cm³/mol. The second kappa shape index (κ2) is 4.26. The molecule has 1 aromatic rings. The van der Waals surface area contributed by atoms with Gasteiger partial charge in [0.25, 0.3) is 0 Å². The number of amides is 1. The van der Waals surface area contributed by atoms with E-state index in [1.165, 1.54) is 25.3 Å². The number of benzene rings is 1. The Kier molecular flexibility index (Phi) is 2.97. The Morgan fingerprint density at radius 1 is 1.38 bits per heavy atom. The number of hydrogen-bond acceptors (Lipinski definition) is 2. The summed E-state index contributed by atoms with van der Waals surface area (Å²) >= 11 is 0. The summed E-state index contributed by atoms with van der Waals surface area (Å²) in [7, 11) is 0. The van der Waals surface area contributed by atoms with Gasteiger partial charge in [0.05, 0.1) is 0 Å². The van der Waals surface area contributed by atoms with Crippen molar-refractivity contribution in [3.63, 3.8) is 0 Å². The van der Waals surface area contributed by atoms with Gasteiger partial charge in [-0.15, -0.1) is 0 Å². The first-order valence-electron chi connectivity index (χ1n) is 5.70. The zero-order valence-electron chi connectivity index (χ0n) is 9.62. The van der Waals surface area contributed by atoms with E-state index in [1.807, 2.05) is 12.1 Å². The van der Waals surface area contributed by atoms with Crippen LogP contribution in [0.4, 0.5) is 5.69 Å². The van der Waals surface area contributed by atoms with Gasteiger partial charge in [-0.25, -0.2) is 0 Å². The predicted octanol–water partition coefficient (Wildman–Crippen LogP) is 1.93. The molecule has 0 bridgehead atoms. The van der Waals surface area contributed by atoms with Crippen LogP contribution in [-0.4, -0.2) is 12.5 Å². The van der Waals surface area contributed by atoms with Crippen molar-refractivity contribution in [1.82, 2.24) is 0 Å². The monoisotopic (exact) mass is 218 g/mol. The van der Waals surface area contributed by atoms with Gasteiger partial charge < -0.3 is 11.1 Å². The fourth-order valence-corrected chi connectivity index (χ4v) is 1.97. The van der Waals surface area contributed by atoms with Gasteiger partial charge in [-0.05, 0) is 48.9 Å². The van der Waals surface area contributed by atoms with Gasteiger partial charge in [-0.1, -0.05) is 12.1 Å². The third kappa shape index (κ3) is 2.61. The molecule has 0 spiro atoms. The summed E-state index contributed by atoms with van der Waals surface area (Å²) in [5, 5.41) is 2.76. The highest BCUT2D eigenvalue weighted by molar-refractivity contribution is 5.88. The molecule has 0 aromatic heterocycles. The van der Waals surface area contributed by atoms with Crippen LogP contribution in [0.5, 0.6) is 0 Å². The first-order valence-corrected chi connectivity index (χ1v) is 5.70. The summed E-state index contributed by atoms with van der Waals surface area (Å²) in [6, 6.07) is 8.04. The Labute approximate surface area is 96.0 Å². The van der Waals surface area contributed by atoms with Crippen molar-refractivity contribution < 1.29 is 4.79 Å². The van der Waals surface area contributed by atoms with Crippen molar-refractivity contribution >= 4 is 11.6 Å². The van der Waals surface area contributed by atoms with Gasteiger partial charge in [-0.3, -0.25) is 4.79 Å². The summed E-state index contributed by atoms with van der Waals surface area (Å²) in [5.41, 5.74) is 8.28. The molecular formula is C13H18N2O. The van der Waals surface area contributed by atoms with Gasteiger partial charge in [0.2, 0.25) is 5.91 Å². The van der Waals surface area contributed by atoms with Crippen molar-refractivity contribution in [2.45, 2.75) is 26.2 Å². The lowest BCUT2D eigenvalue weighted by molar-refractivity contribution is -0.114. The van der Waals surface area contributed by atoms with E-state index in [0.717, 1.165) is 18.7 Å². The Hall–Kier alpha value is -1.35. The molecule has 1 saturated carbocycles. The molecule has 3 N–H and O–H groups in total. The molecule has 1 amide bonds. The summed E-state index contributed by atoms with van der Waals surface area (Å²) in [6.07, 6.45) is 3.55. The average molecular weight is 218 g/mol. The summed E-state index contributed by atoms with van der Waals surface area (Å²) in [5.74, 6) is -0.0339. The molecule has 3 heteroatoms. The molecule has 0 radical (unpaired) electrons. The number of carbonyl (C=O) groups is 1. The van der Waals surface area contributed by atoms with Gasteiger partial charge >= 0.3 is 0 Å². The lowest BCUT2D eigenvalue weighted by Gasteiger charge is -2.12. The van der Waals surface area contributed by atoms with E-state index < -0.39 is 0 Å². The van der Waals surface area contributed by atoms with E-state index in [9.17, 15) is 4.79 Å². The number of nitrogens with one attached hydrogen (secondary N) is 1. The maximum absolute atomic E-state index is 10.9. The largest absolute Gasteiger partial charge is 0.330 e. The molecule has 86 valence electrons.